The van der Waals surface area contributed by atoms with Crippen LogP contribution in [0, 0.1) is 0 Å². The SMILES string of the molecule is CCNC(=NCCc1ccco1)NCCOc1cccnc1.I. The molecule has 2 aromatic heterocycles. The highest BCUT2D eigenvalue weighted by atomic mass is 127. The van der Waals surface area contributed by atoms with Gasteiger partial charge in [0.15, 0.2) is 5.96 Å². The fraction of sp³-hybridized carbons (Fsp3) is 0.375. The van der Waals surface area contributed by atoms with Gasteiger partial charge in [-0.15, -0.1) is 24.0 Å². The van der Waals surface area contributed by atoms with Crippen molar-refractivity contribution in [1.29, 1.82) is 0 Å². The summed E-state index contributed by atoms with van der Waals surface area (Å²) in [4.78, 5) is 8.50. The van der Waals surface area contributed by atoms with Crippen LogP contribution in [0.25, 0.3) is 0 Å². The molecule has 7 heteroatoms. The van der Waals surface area contributed by atoms with E-state index < -0.39 is 0 Å². The molecule has 0 aliphatic carbocycles. The molecule has 0 saturated carbocycles. The number of furan rings is 1. The Balaban J connectivity index is 0.00000264. The molecule has 0 amide bonds. The molecule has 0 bridgehead atoms. The lowest BCUT2D eigenvalue weighted by atomic mass is 10.3. The molecule has 0 atom stereocenters. The number of hydrogen-bond donors (Lipinski definition) is 2. The van der Waals surface area contributed by atoms with Gasteiger partial charge in [0.1, 0.15) is 18.1 Å². The standard InChI is InChI=1S/C16H22N4O2.HI/c1-2-18-16(19-9-7-14-6-4-11-21-14)20-10-12-22-15-5-3-8-17-13-15;/h3-6,8,11,13H,2,7,9-10,12H2,1H3,(H2,18,19,20);1H. The Hall–Kier alpha value is -1.77. The second-order valence-electron chi connectivity index (χ2n) is 4.55. The van der Waals surface area contributed by atoms with Crippen molar-refractivity contribution in [3.05, 3.63) is 48.7 Å². The quantitative estimate of drug-likeness (QED) is 0.292. The number of pyridine rings is 1. The van der Waals surface area contributed by atoms with Crippen molar-refractivity contribution in [3.63, 3.8) is 0 Å². The molecule has 2 N–H and O–H groups in total. The Bertz CT molecular complexity index is 546. The zero-order valence-electron chi connectivity index (χ0n) is 13.2. The lowest BCUT2D eigenvalue weighted by molar-refractivity contribution is 0.320. The maximum atomic E-state index is 5.58. The highest BCUT2D eigenvalue weighted by molar-refractivity contribution is 14.0. The van der Waals surface area contributed by atoms with Crippen molar-refractivity contribution < 1.29 is 9.15 Å². The van der Waals surface area contributed by atoms with E-state index in [1.165, 1.54) is 0 Å². The fourth-order valence-corrected chi connectivity index (χ4v) is 1.85. The molecule has 0 saturated heterocycles. The number of rotatable bonds is 8. The largest absolute Gasteiger partial charge is 0.490 e. The van der Waals surface area contributed by atoms with Gasteiger partial charge in [-0.1, -0.05) is 0 Å². The third kappa shape index (κ3) is 7.87. The van der Waals surface area contributed by atoms with Gasteiger partial charge in [0.05, 0.1) is 19.0 Å². The summed E-state index contributed by atoms with van der Waals surface area (Å²) in [5.41, 5.74) is 0. The van der Waals surface area contributed by atoms with E-state index in [1.54, 1.807) is 18.7 Å². The molecule has 0 aliphatic rings. The van der Waals surface area contributed by atoms with E-state index in [0.717, 1.165) is 30.4 Å². The molecule has 23 heavy (non-hydrogen) atoms. The zero-order chi connectivity index (χ0) is 15.5. The number of nitrogens with one attached hydrogen (secondary N) is 2. The summed E-state index contributed by atoms with van der Waals surface area (Å²) in [7, 11) is 0. The number of aliphatic imine (C=N–C) groups is 1. The number of ether oxygens (including phenoxy) is 1. The molecule has 2 aromatic rings. The van der Waals surface area contributed by atoms with E-state index in [-0.39, 0.29) is 24.0 Å². The first-order valence-electron chi connectivity index (χ1n) is 7.46. The van der Waals surface area contributed by atoms with Crippen LogP contribution in [0.4, 0.5) is 0 Å². The number of aromatic nitrogens is 1. The lowest BCUT2D eigenvalue weighted by Crippen LogP contribution is -2.39. The van der Waals surface area contributed by atoms with Crippen molar-refractivity contribution in [1.82, 2.24) is 15.6 Å². The first kappa shape index (κ1) is 19.3. The van der Waals surface area contributed by atoms with Crippen molar-refractivity contribution >= 4 is 29.9 Å². The maximum absolute atomic E-state index is 5.58. The first-order valence-corrected chi connectivity index (χ1v) is 7.46. The van der Waals surface area contributed by atoms with Crippen molar-refractivity contribution in [2.45, 2.75) is 13.3 Å². The first-order chi connectivity index (χ1) is 10.9. The minimum atomic E-state index is 0. The number of guanidine groups is 1. The smallest absolute Gasteiger partial charge is 0.191 e. The van der Waals surface area contributed by atoms with Gasteiger partial charge in [-0.05, 0) is 31.2 Å². The molecule has 2 rings (SSSR count). The van der Waals surface area contributed by atoms with E-state index in [1.807, 2.05) is 31.2 Å². The summed E-state index contributed by atoms with van der Waals surface area (Å²) in [6.45, 7) is 4.74. The third-order valence-corrected chi connectivity index (χ3v) is 2.85. The van der Waals surface area contributed by atoms with Crippen LogP contribution in [-0.4, -0.2) is 37.2 Å². The van der Waals surface area contributed by atoms with Crippen LogP contribution in [0.15, 0.2) is 52.3 Å². The average Bonchev–Trinajstić information content (AvgIpc) is 3.06. The van der Waals surface area contributed by atoms with Gasteiger partial charge < -0.3 is 19.8 Å². The van der Waals surface area contributed by atoms with Gasteiger partial charge in [0, 0.05) is 25.7 Å². The Labute approximate surface area is 153 Å². The van der Waals surface area contributed by atoms with Crippen molar-refractivity contribution in [2.75, 3.05) is 26.2 Å². The van der Waals surface area contributed by atoms with Crippen LogP contribution in [-0.2, 0) is 6.42 Å². The van der Waals surface area contributed by atoms with Crippen molar-refractivity contribution in [2.24, 2.45) is 4.99 Å². The molecule has 0 radical (unpaired) electrons. The van der Waals surface area contributed by atoms with Crippen molar-refractivity contribution in [3.8, 4) is 5.75 Å². The number of halogens is 1. The number of hydrogen-bond acceptors (Lipinski definition) is 4. The predicted octanol–water partition coefficient (Wildman–Crippen LogP) is 2.47. The summed E-state index contributed by atoms with van der Waals surface area (Å²) < 4.78 is 10.9. The summed E-state index contributed by atoms with van der Waals surface area (Å²) in [6, 6.07) is 7.58. The molecule has 126 valence electrons. The lowest BCUT2D eigenvalue weighted by Gasteiger charge is -2.11. The van der Waals surface area contributed by atoms with Gasteiger partial charge in [0.2, 0.25) is 0 Å². The van der Waals surface area contributed by atoms with Crippen LogP contribution in [0.2, 0.25) is 0 Å². The molecule has 0 fully saturated rings. The second-order valence-corrected chi connectivity index (χ2v) is 4.55. The predicted molar refractivity (Wildman–Crippen MR) is 102 cm³/mol. The van der Waals surface area contributed by atoms with Crippen LogP contribution >= 0.6 is 24.0 Å². The van der Waals surface area contributed by atoms with E-state index in [2.05, 4.69) is 20.6 Å². The minimum Gasteiger partial charge on any atom is -0.490 e. The minimum absolute atomic E-state index is 0. The molecular weight excluding hydrogens is 407 g/mol. The summed E-state index contributed by atoms with van der Waals surface area (Å²) in [5.74, 6) is 2.49. The summed E-state index contributed by atoms with van der Waals surface area (Å²) in [5, 5.41) is 6.44. The highest BCUT2D eigenvalue weighted by Crippen LogP contribution is 2.05. The summed E-state index contributed by atoms with van der Waals surface area (Å²) >= 11 is 0. The monoisotopic (exact) mass is 430 g/mol. The van der Waals surface area contributed by atoms with E-state index in [9.17, 15) is 0 Å². The Kier molecular flexibility index (Phi) is 9.85. The molecule has 0 unspecified atom stereocenters. The Morgan fingerprint density at radius 2 is 2.22 bits per heavy atom. The maximum Gasteiger partial charge on any atom is 0.191 e. The van der Waals surface area contributed by atoms with Gasteiger partial charge >= 0.3 is 0 Å². The van der Waals surface area contributed by atoms with E-state index >= 15 is 0 Å². The van der Waals surface area contributed by atoms with Crippen LogP contribution in [0.3, 0.4) is 0 Å². The fourth-order valence-electron chi connectivity index (χ4n) is 1.85. The average molecular weight is 430 g/mol. The van der Waals surface area contributed by atoms with Gasteiger partial charge in [-0.3, -0.25) is 9.98 Å². The van der Waals surface area contributed by atoms with Crippen LogP contribution in [0.5, 0.6) is 5.75 Å². The highest BCUT2D eigenvalue weighted by Gasteiger charge is 1.99. The third-order valence-electron chi connectivity index (χ3n) is 2.85. The Morgan fingerprint density at radius 1 is 1.30 bits per heavy atom. The topological polar surface area (TPSA) is 71.7 Å². The van der Waals surface area contributed by atoms with E-state index in [0.29, 0.717) is 19.7 Å². The van der Waals surface area contributed by atoms with Gasteiger partial charge in [0.25, 0.3) is 0 Å². The molecule has 0 aromatic carbocycles. The molecular formula is C16H23IN4O2. The molecule has 2 heterocycles. The van der Waals surface area contributed by atoms with E-state index in [4.69, 9.17) is 9.15 Å². The normalized spacial score (nSPS) is 10.7. The second kappa shape index (κ2) is 11.8. The van der Waals surface area contributed by atoms with Gasteiger partial charge in [-0.25, -0.2) is 0 Å². The number of nitrogens with zero attached hydrogens (tertiary/aromatic N) is 2. The zero-order valence-corrected chi connectivity index (χ0v) is 15.5. The Morgan fingerprint density at radius 3 is 2.91 bits per heavy atom. The van der Waals surface area contributed by atoms with Crippen LogP contribution in [0.1, 0.15) is 12.7 Å². The molecule has 0 aliphatic heterocycles. The molecule has 6 nitrogen and oxygen atoms in total. The van der Waals surface area contributed by atoms with Crippen LogP contribution < -0.4 is 15.4 Å². The van der Waals surface area contributed by atoms with Gasteiger partial charge in [-0.2, -0.15) is 0 Å². The summed E-state index contributed by atoms with van der Waals surface area (Å²) in [6.07, 6.45) is 5.89. The molecule has 0 spiro atoms.